The highest BCUT2D eigenvalue weighted by molar-refractivity contribution is 5.82. The molecule has 0 unspecified atom stereocenters. The molecule has 5 nitrogen and oxygen atoms in total. The number of unbranched alkanes of at least 4 members (excludes halogenated alkanes) is 15. The lowest BCUT2D eigenvalue weighted by Gasteiger charge is -2.10. The molecule has 3 N–H and O–H groups in total. The molecule has 0 rings (SSSR count). The monoisotopic (exact) mass is 436 g/mol. The number of carbonyl (C=O) groups excluding carboxylic acids is 2. The second kappa shape index (κ2) is 23.1. The van der Waals surface area contributed by atoms with Gasteiger partial charge in [0.05, 0.1) is 19.2 Å². The Labute approximate surface area is 191 Å². The van der Waals surface area contributed by atoms with Crippen LogP contribution < -0.4 is 11.1 Å². The summed E-state index contributed by atoms with van der Waals surface area (Å²) in [6, 6.07) is -0.726. The van der Waals surface area contributed by atoms with Gasteiger partial charge in [0, 0.05) is 6.42 Å². The zero-order valence-electron chi connectivity index (χ0n) is 20.1. The van der Waals surface area contributed by atoms with Crippen LogP contribution in [0.25, 0.3) is 0 Å². The van der Waals surface area contributed by atoms with Crippen molar-refractivity contribution in [2.24, 2.45) is 5.73 Å². The number of esters is 1. The van der Waals surface area contributed by atoms with Crippen molar-refractivity contribution in [3.63, 3.8) is 0 Å². The summed E-state index contributed by atoms with van der Waals surface area (Å²) in [5, 5.41) is 2.51. The first-order chi connectivity index (χ1) is 15.1. The number of hydrogen-bond acceptors (Lipinski definition) is 4. The third-order valence-electron chi connectivity index (χ3n) is 5.62. The molecular formula is C26H48N2O3. The third-order valence-corrected chi connectivity index (χ3v) is 5.62. The molecule has 0 fully saturated rings. The molecule has 1 amide bonds. The van der Waals surface area contributed by atoms with E-state index < -0.39 is 6.04 Å². The fourth-order valence-electron chi connectivity index (χ4n) is 3.58. The molecule has 0 aromatic rings. The summed E-state index contributed by atoms with van der Waals surface area (Å²) in [7, 11) is 0. The van der Waals surface area contributed by atoms with Gasteiger partial charge < -0.3 is 15.8 Å². The topological polar surface area (TPSA) is 81.4 Å². The minimum atomic E-state index is -0.726. The standard InChI is InChI=1S/C26H48N2O3/c1-3-5-6-7-8-9-10-11-12-13-14-15-16-17-18-19-23-31-25(29)21-20-24(27)26(30)28-22-4-2/h2,24H,3,5-23,27H2,1H3,(H,28,30)/t24-/m0/s1. The lowest BCUT2D eigenvalue weighted by Crippen LogP contribution is -2.41. The SMILES string of the molecule is C#CCNC(=O)[C@@H](N)CCC(=O)OCCCCCCCCCCCCCCCCCC. The van der Waals surface area contributed by atoms with Crippen molar-refractivity contribution in [2.75, 3.05) is 13.2 Å². The van der Waals surface area contributed by atoms with Crippen LogP contribution in [0.3, 0.4) is 0 Å². The van der Waals surface area contributed by atoms with Crippen LogP contribution in [0.15, 0.2) is 0 Å². The van der Waals surface area contributed by atoms with E-state index in [1.54, 1.807) is 0 Å². The quantitative estimate of drug-likeness (QED) is 0.131. The molecule has 180 valence electrons. The van der Waals surface area contributed by atoms with Gasteiger partial charge in [-0.1, -0.05) is 109 Å². The van der Waals surface area contributed by atoms with Crippen molar-refractivity contribution in [2.45, 2.75) is 129 Å². The van der Waals surface area contributed by atoms with Crippen LogP contribution in [0.5, 0.6) is 0 Å². The summed E-state index contributed by atoms with van der Waals surface area (Å²) in [5.74, 6) is 1.69. The lowest BCUT2D eigenvalue weighted by atomic mass is 10.0. The van der Waals surface area contributed by atoms with Crippen molar-refractivity contribution in [3.05, 3.63) is 0 Å². The van der Waals surface area contributed by atoms with E-state index in [0.717, 1.165) is 12.8 Å². The maximum Gasteiger partial charge on any atom is 0.305 e. The number of amides is 1. The maximum atomic E-state index is 11.7. The van der Waals surface area contributed by atoms with Gasteiger partial charge in [-0.2, -0.15) is 0 Å². The van der Waals surface area contributed by atoms with E-state index in [1.165, 1.54) is 89.9 Å². The average molecular weight is 437 g/mol. The molecule has 0 bridgehead atoms. The van der Waals surface area contributed by atoms with Gasteiger partial charge in [0.25, 0.3) is 0 Å². The normalized spacial score (nSPS) is 11.6. The first-order valence-corrected chi connectivity index (χ1v) is 12.7. The molecule has 0 heterocycles. The summed E-state index contributed by atoms with van der Waals surface area (Å²) in [6.45, 7) is 2.87. The second-order valence-corrected chi connectivity index (χ2v) is 8.59. The molecule has 0 spiro atoms. The van der Waals surface area contributed by atoms with Crippen LogP contribution in [0.1, 0.15) is 122 Å². The van der Waals surface area contributed by atoms with Gasteiger partial charge in [-0.05, 0) is 12.8 Å². The first kappa shape index (κ1) is 29.5. The Morgan fingerprint density at radius 2 is 1.29 bits per heavy atom. The molecule has 0 saturated heterocycles. The summed E-state index contributed by atoms with van der Waals surface area (Å²) in [5.41, 5.74) is 5.71. The summed E-state index contributed by atoms with van der Waals surface area (Å²) >= 11 is 0. The predicted molar refractivity (Wildman–Crippen MR) is 130 cm³/mol. The van der Waals surface area contributed by atoms with Gasteiger partial charge >= 0.3 is 5.97 Å². The molecular weight excluding hydrogens is 388 g/mol. The Hall–Kier alpha value is -1.54. The van der Waals surface area contributed by atoms with E-state index in [4.69, 9.17) is 16.9 Å². The van der Waals surface area contributed by atoms with Gasteiger partial charge in [-0.15, -0.1) is 6.42 Å². The van der Waals surface area contributed by atoms with Crippen molar-refractivity contribution >= 4 is 11.9 Å². The molecule has 0 aromatic carbocycles. The van der Waals surface area contributed by atoms with Crippen molar-refractivity contribution < 1.29 is 14.3 Å². The van der Waals surface area contributed by atoms with Crippen molar-refractivity contribution in [3.8, 4) is 12.3 Å². The summed E-state index contributed by atoms with van der Waals surface area (Å²) in [6.07, 6.45) is 26.6. The maximum absolute atomic E-state index is 11.7. The number of nitrogens with one attached hydrogen (secondary N) is 1. The molecule has 0 radical (unpaired) electrons. The zero-order valence-corrected chi connectivity index (χ0v) is 20.1. The van der Waals surface area contributed by atoms with E-state index in [1.807, 2.05) is 0 Å². The highest BCUT2D eigenvalue weighted by Crippen LogP contribution is 2.13. The summed E-state index contributed by atoms with van der Waals surface area (Å²) in [4.78, 5) is 23.3. The van der Waals surface area contributed by atoms with Crippen molar-refractivity contribution in [1.29, 1.82) is 0 Å². The van der Waals surface area contributed by atoms with E-state index in [0.29, 0.717) is 6.61 Å². The van der Waals surface area contributed by atoms with E-state index in [9.17, 15) is 9.59 Å². The number of carbonyl (C=O) groups is 2. The van der Waals surface area contributed by atoms with E-state index in [-0.39, 0.29) is 31.3 Å². The molecule has 0 aliphatic carbocycles. The number of ether oxygens (including phenoxy) is 1. The van der Waals surface area contributed by atoms with Crippen molar-refractivity contribution in [1.82, 2.24) is 5.32 Å². The highest BCUT2D eigenvalue weighted by atomic mass is 16.5. The highest BCUT2D eigenvalue weighted by Gasteiger charge is 2.14. The molecule has 5 heteroatoms. The van der Waals surface area contributed by atoms with E-state index in [2.05, 4.69) is 18.2 Å². The Morgan fingerprint density at radius 3 is 1.74 bits per heavy atom. The minimum absolute atomic E-state index is 0.149. The molecule has 0 aromatic heterocycles. The molecule has 1 atom stereocenters. The second-order valence-electron chi connectivity index (χ2n) is 8.59. The van der Waals surface area contributed by atoms with Gasteiger partial charge in [0.2, 0.25) is 5.91 Å². The van der Waals surface area contributed by atoms with Gasteiger partial charge in [-0.25, -0.2) is 0 Å². The van der Waals surface area contributed by atoms with Crippen LogP contribution in [0.4, 0.5) is 0 Å². The minimum Gasteiger partial charge on any atom is -0.466 e. The smallest absolute Gasteiger partial charge is 0.305 e. The van der Waals surface area contributed by atoms with E-state index >= 15 is 0 Å². The Balaban J connectivity index is 3.29. The van der Waals surface area contributed by atoms with Crippen LogP contribution in [-0.2, 0) is 14.3 Å². The Kier molecular flexibility index (Phi) is 22.0. The zero-order chi connectivity index (χ0) is 23.0. The molecule has 0 aliphatic rings. The van der Waals surface area contributed by atoms with Gasteiger partial charge in [-0.3, -0.25) is 9.59 Å². The Bertz CT molecular complexity index is 474. The largest absolute Gasteiger partial charge is 0.466 e. The van der Waals surface area contributed by atoms with Crippen LogP contribution in [-0.4, -0.2) is 31.1 Å². The van der Waals surface area contributed by atoms with Crippen LogP contribution >= 0.6 is 0 Å². The number of hydrogen-bond donors (Lipinski definition) is 2. The number of terminal acetylenes is 1. The van der Waals surface area contributed by atoms with Crippen LogP contribution in [0, 0.1) is 12.3 Å². The van der Waals surface area contributed by atoms with Gasteiger partial charge in [0.1, 0.15) is 0 Å². The first-order valence-electron chi connectivity index (χ1n) is 12.7. The average Bonchev–Trinajstić information content (AvgIpc) is 2.77. The third kappa shape index (κ3) is 21.5. The fourth-order valence-corrected chi connectivity index (χ4v) is 3.58. The van der Waals surface area contributed by atoms with Gasteiger partial charge in [0.15, 0.2) is 0 Å². The molecule has 0 aliphatic heterocycles. The molecule has 0 saturated carbocycles. The number of nitrogens with two attached hydrogens (primary N) is 1. The Morgan fingerprint density at radius 1 is 0.839 bits per heavy atom. The number of rotatable bonds is 22. The summed E-state index contributed by atoms with van der Waals surface area (Å²) < 4.78 is 5.21. The molecule has 31 heavy (non-hydrogen) atoms. The van der Waals surface area contributed by atoms with Crippen LogP contribution in [0.2, 0.25) is 0 Å². The fraction of sp³-hybridized carbons (Fsp3) is 0.846. The predicted octanol–water partition coefficient (Wildman–Crippen LogP) is 5.65. The lowest BCUT2D eigenvalue weighted by molar-refractivity contribution is -0.144.